The van der Waals surface area contributed by atoms with Gasteiger partial charge in [-0.2, -0.15) is 0 Å². The van der Waals surface area contributed by atoms with Crippen LogP contribution >= 0.6 is 11.6 Å². The molecular formula is C20H24ClNO3. The first kappa shape index (κ1) is 19.1. The van der Waals surface area contributed by atoms with Crippen molar-refractivity contribution in [3.63, 3.8) is 0 Å². The molecular weight excluding hydrogens is 338 g/mol. The molecule has 2 rings (SSSR count). The van der Waals surface area contributed by atoms with Crippen LogP contribution in [0, 0.1) is 20.8 Å². The highest BCUT2D eigenvalue weighted by Gasteiger charge is 2.15. The summed E-state index contributed by atoms with van der Waals surface area (Å²) < 4.78 is 11.3. The maximum Gasteiger partial charge on any atom is 0.260 e. The summed E-state index contributed by atoms with van der Waals surface area (Å²) in [6.45, 7) is 8.37. The van der Waals surface area contributed by atoms with Crippen LogP contribution in [-0.2, 0) is 4.79 Å². The Kier molecular flexibility index (Phi) is 6.71. The SMILES string of the molecule is Cc1cccc(OCCNC(=O)C(C)Oc2cc(C)c(Cl)c(C)c2)c1. The van der Waals surface area contributed by atoms with Gasteiger partial charge in [-0.25, -0.2) is 0 Å². The summed E-state index contributed by atoms with van der Waals surface area (Å²) in [7, 11) is 0. The number of rotatable bonds is 7. The molecule has 0 radical (unpaired) electrons. The highest BCUT2D eigenvalue weighted by atomic mass is 35.5. The number of carbonyl (C=O) groups excluding carboxylic acids is 1. The molecule has 2 aromatic rings. The van der Waals surface area contributed by atoms with Gasteiger partial charge in [0.2, 0.25) is 0 Å². The van der Waals surface area contributed by atoms with Crippen molar-refractivity contribution in [3.8, 4) is 11.5 Å². The van der Waals surface area contributed by atoms with E-state index in [-0.39, 0.29) is 5.91 Å². The van der Waals surface area contributed by atoms with Crippen LogP contribution in [0.4, 0.5) is 0 Å². The van der Waals surface area contributed by atoms with E-state index < -0.39 is 6.10 Å². The highest BCUT2D eigenvalue weighted by Crippen LogP contribution is 2.26. The highest BCUT2D eigenvalue weighted by molar-refractivity contribution is 6.32. The minimum Gasteiger partial charge on any atom is -0.492 e. The van der Waals surface area contributed by atoms with Gasteiger partial charge in [0.25, 0.3) is 5.91 Å². The minimum atomic E-state index is -0.598. The number of hydrogen-bond acceptors (Lipinski definition) is 3. The average Bonchev–Trinajstić information content (AvgIpc) is 2.56. The topological polar surface area (TPSA) is 47.6 Å². The molecule has 0 saturated heterocycles. The average molecular weight is 362 g/mol. The predicted octanol–water partition coefficient (Wildman–Crippen LogP) is 4.23. The van der Waals surface area contributed by atoms with E-state index in [9.17, 15) is 4.79 Å². The predicted molar refractivity (Wildman–Crippen MR) is 101 cm³/mol. The summed E-state index contributed by atoms with van der Waals surface area (Å²) in [5.41, 5.74) is 2.99. The maximum absolute atomic E-state index is 12.1. The molecule has 0 saturated carbocycles. The number of benzene rings is 2. The Bertz CT molecular complexity index is 722. The molecule has 0 fully saturated rings. The van der Waals surface area contributed by atoms with Crippen molar-refractivity contribution in [1.29, 1.82) is 0 Å². The smallest absolute Gasteiger partial charge is 0.260 e. The van der Waals surface area contributed by atoms with E-state index in [1.54, 1.807) is 6.92 Å². The number of nitrogens with one attached hydrogen (secondary N) is 1. The van der Waals surface area contributed by atoms with Crippen LogP contribution in [-0.4, -0.2) is 25.2 Å². The Morgan fingerprint density at radius 2 is 1.80 bits per heavy atom. The first-order valence-electron chi connectivity index (χ1n) is 8.27. The zero-order valence-corrected chi connectivity index (χ0v) is 15.8. The number of amides is 1. The van der Waals surface area contributed by atoms with Gasteiger partial charge < -0.3 is 14.8 Å². The fourth-order valence-electron chi connectivity index (χ4n) is 2.42. The van der Waals surface area contributed by atoms with Gasteiger partial charge in [0, 0.05) is 5.02 Å². The Morgan fingerprint density at radius 1 is 1.12 bits per heavy atom. The molecule has 0 aromatic heterocycles. The number of aryl methyl sites for hydroxylation is 3. The van der Waals surface area contributed by atoms with Crippen molar-refractivity contribution in [2.24, 2.45) is 0 Å². The van der Waals surface area contributed by atoms with E-state index in [1.165, 1.54) is 0 Å². The van der Waals surface area contributed by atoms with Gasteiger partial charge in [-0.05, 0) is 68.7 Å². The van der Waals surface area contributed by atoms with E-state index >= 15 is 0 Å². The second kappa shape index (κ2) is 8.77. The Morgan fingerprint density at radius 3 is 2.44 bits per heavy atom. The first-order valence-corrected chi connectivity index (χ1v) is 8.65. The molecule has 25 heavy (non-hydrogen) atoms. The van der Waals surface area contributed by atoms with E-state index in [0.717, 1.165) is 27.5 Å². The van der Waals surface area contributed by atoms with Crippen LogP contribution in [0.25, 0.3) is 0 Å². The lowest BCUT2D eigenvalue weighted by molar-refractivity contribution is -0.127. The molecule has 2 aromatic carbocycles. The minimum absolute atomic E-state index is 0.182. The number of ether oxygens (including phenoxy) is 2. The molecule has 1 atom stereocenters. The van der Waals surface area contributed by atoms with Crippen LogP contribution in [0.1, 0.15) is 23.6 Å². The van der Waals surface area contributed by atoms with Crippen molar-refractivity contribution < 1.29 is 14.3 Å². The van der Waals surface area contributed by atoms with Gasteiger partial charge >= 0.3 is 0 Å². The fraction of sp³-hybridized carbons (Fsp3) is 0.350. The molecule has 4 nitrogen and oxygen atoms in total. The van der Waals surface area contributed by atoms with Crippen molar-refractivity contribution in [2.75, 3.05) is 13.2 Å². The van der Waals surface area contributed by atoms with E-state index in [1.807, 2.05) is 57.2 Å². The van der Waals surface area contributed by atoms with Crippen LogP contribution in [0.2, 0.25) is 5.02 Å². The normalized spacial score (nSPS) is 11.7. The largest absolute Gasteiger partial charge is 0.492 e. The van der Waals surface area contributed by atoms with Gasteiger partial charge in [-0.1, -0.05) is 23.7 Å². The fourth-order valence-corrected chi connectivity index (χ4v) is 2.53. The van der Waals surface area contributed by atoms with Crippen LogP contribution in [0.15, 0.2) is 36.4 Å². The third kappa shape index (κ3) is 5.68. The van der Waals surface area contributed by atoms with E-state index in [2.05, 4.69) is 5.32 Å². The number of halogens is 1. The molecule has 0 aliphatic heterocycles. The molecule has 0 bridgehead atoms. The van der Waals surface area contributed by atoms with Gasteiger partial charge in [0.1, 0.15) is 18.1 Å². The van der Waals surface area contributed by atoms with Crippen molar-refractivity contribution in [1.82, 2.24) is 5.32 Å². The standard InChI is InChI=1S/C20H24ClNO3/c1-13-6-5-7-17(10-13)24-9-8-22-20(23)16(4)25-18-11-14(2)19(21)15(3)12-18/h5-7,10-12,16H,8-9H2,1-4H3,(H,22,23). The van der Waals surface area contributed by atoms with Crippen LogP contribution in [0.3, 0.4) is 0 Å². The molecule has 0 aliphatic carbocycles. The molecule has 0 heterocycles. The Labute approximate surface area is 154 Å². The summed E-state index contributed by atoms with van der Waals surface area (Å²) in [6.07, 6.45) is -0.598. The van der Waals surface area contributed by atoms with Gasteiger partial charge in [-0.3, -0.25) is 4.79 Å². The Hall–Kier alpha value is -2.20. The quantitative estimate of drug-likeness (QED) is 0.751. The van der Waals surface area contributed by atoms with Crippen molar-refractivity contribution in [3.05, 3.63) is 58.1 Å². The van der Waals surface area contributed by atoms with Gasteiger partial charge in [0.15, 0.2) is 6.10 Å². The summed E-state index contributed by atoms with van der Waals surface area (Å²) in [6, 6.07) is 11.5. The first-order chi connectivity index (χ1) is 11.9. The number of hydrogen-bond donors (Lipinski definition) is 1. The second-order valence-electron chi connectivity index (χ2n) is 6.09. The van der Waals surface area contributed by atoms with Crippen molar-refractivity contribution in [2.45, 2.75) is 33.8 Å². The third-order valence-corrected chi connectivity index (χ3v) is 4.35. The molecule has 0 spiro atoms. The Balaban J connectivity index is 1.78. The maximum atomic E-state index is 12.1. The summed E-state index contributed by atoms with van der Waals surface area (Å²) in [5, 5.41) is 3.53. The summed E-state index contributed by atoms with van der Waals surface area (Å²) >= 11 is 6.14. The van der Waals surface area contributed by atoms with E-state index in [4.69, 9.17) is 21.1 Å². The van der Waals surface area contributed by atoms with E-state index in [0.29, 0.717) is 18.9 Å². The summed E-state index contributed by atoms with van der Waals surface area (Å²) in [5.74, 6) is 1.25. The zero-order chi connectivity index (χ0) is 18.4. The zero-order valence-electron chi connectivity index (χ0n) is 15.1. The molecule has 5 heteroatoms. The lowest BCUT2D eigenvalue weighted by Crippen LogP contribution is -2.38. The molecule has 134 valence electrons. The molecule has 1 unspecified atom stereocenters. The molecule has 1 amide bonds. The van der Waals surface area contributed by atoms with Crippen LogP contribution < -0.4 is 14.8 Å². The third-order valence-electron chi connectivity index (χ3n) is 3.75. The van der Waals surface area contributed by atoms with Crippen LogP contribution in [0.5, 0.6) is 11.5 Å². The number of carbonyl (C=O) groups is 1. The molecule has 1 N–H and O–H groups in total. The lowest BCUT2D eigenvalue weighted by Gasteiger charge is -2.16. The lowest BCUT2D eigenvalue weighted by atomic mass is 10.1. The monoisotopic (exact) mass is 361 g/mol. The van der Waals surface area contributed by atoms with Crippen molar-refractivity contribution >= 4 is 17.5 Å². The second-order valence-corrected chi connectivity index (χ2v) is 6.47. The van der Waals surface area contributed by atoms with Gasteiger partial charge in [0.05, 0.1) is 6.54 Å². The molecule has 0 aliphatic rings. The summed E-state index contributed by atoms with van der Waals surface area (Å²) in [4.78, 5) is 12.1. The van der Waals surface area contributed by atoms with Gasteiger partial charge in [-0.15, -0.1) is 0 Å².